The summed E-state index contributed by atoms with van der Waals surface area (Å²) in [5, 5.41) is 2.68. The maximum atomic E-state index is 11.7. The Hall–Kier alpha value is -2.34. The summed E-state index contributed by atoms with van der Waals surface area (Å²) in [4.78, 5) is 27.2. The van der Waals surface area contributed by atoms with Crippen molar-refractivity contribution in [2.75, 3.05) is 11.9 Å². The van der Waals surface area contributed by atoms with Gasteiger partial charge in [-0.15, -0.1) is 0 Å². The number of amides is 1. The monoisotopic (exact) mass is 293 g/mol. The summed E-state index contributed by atoms with van der Waals surface area (Å²) in [6.45, 7) is -0.394. The molecule has 2 aromatic rings. The second-order valence-electron chi connectivity index (χ2n) is 3.97. The Morgan fingerprint density at radius 2 is 2.20 bits per heavy atom. The van der Waals surface area contributed by atoms with Gasteiger partial charge in [0, 0.05) is 19.4 Å². The van der Waals surface area contributed by atoms with E-state index in [-0.39, 0.29) is 5.15 Å². The van der Waals surface area contributed by atoms with Crippen LogP contribution in [-0.2, 0) is 16.6 Å². The molecule has 2 rings (SSSR count). The first kappa shape index (κ1) is 14.1. The van der Waals surface area contributed by atoms with E-state index < -0.39 is 18.5 Å². The van der Waals surface area contributed by atoms with Crippen molar-refractivity contribution in [2.24, 2.45) is 7.05 Å². The lowest BCUT2D eigenvalue weighted by Gasteiger charge is -2.07. The van der Waals surface area contributed by atoms with Crippen LogP contribution in [0.3, 0.4) is 0 Å². The van der Waals surface area contributed by atoms with Gasteiger partial charge in [-0.05, 0) is 24.3 Å². The van der Waals surface area contributed by atoms with Gasteiger partial charge in [-0.1, -0.05) is 11.6 Å². The lowest BCUT2D eigenvalue weighted by molar-refractivity contribution is -0.119. The Balaban J connectivity index is 1.89. The van der Waals surface area contributed by atoms with E-state index in [0.717, 1.165) is 0 Å². The summed E-state index contributed by atoms with van der Waals surface area (Å²) in [6, 6.07) is 6.56. The van der Waals surface area contributed by atoms with Crippen LogP contribution in [0.4, 0.5) is 5.69 Å². The molecule has 20 heavy (non-hydrogen) atoms. The number of nitrogens with one attached hydrogen (secondary N) is 1. The fourth-order valence-corrected chi connectivity index (χ4v) is 1.71. The molecule has 104 valence electrons. The van der Waals surface area contributed by atoms with Crippen LogP contribution in [0.25, 0.3) is 0 Å². The van der Waals surface area contributed by atoms with Crippen molar-refractivity contribution >= 4 is 29.2 Å². The molecule has 0 fully saturated rings. The van der Waals surface area contributed by atoms with E-state index in [1.165, 1.54) is 6.20 Å². The minimum atomic E-state index is -0.565. The molecule has 7 heteroatoms. The maximum Gasteiger partial charge on any atom is 0.355 e. The second kappa shape index (κ2) is 6.21. The van der Waals surface area contributed by atoms with Crippen LogP contribution in [0.2, 0.25) is 5.15 Å². The normalized spacial score (nSPS) is 10.1. The number of hydrogen-bond acceptors (Lipinski definition) is 4. The fraction of sp³-hybridized carbons (Fsp3) is 0.154. The molecule has 1 amide bonds. The van der Waals surface area contributed by atoms with Crippen molar-refractivity contribution < 1.29 is 14.3 Å². The number of pyridine rings is 1. The summed E-state index contributed by atoms with van der Waals surface area (Å²) in [6.07, 6.45) is 3.22. The molecule has 0 aliphatic carbocycles. The summed E-state index contributed by atoms with van der Waals surface area (Å²) >= 11 is 5.80. The molecule has 0 aliphatic heterocycles. The number of aromatic nitrogens is 2. The van der Waals surface area contributed by atoms with E-state index in [1.807, 2.05) is 0 Å². The largest absolute Gasteiger partial charge is 0.451 e. The molecular formula is C13H12ClN3O3. The Kier molecular flexibility index (Phi) is 4.37. The molecule has 0 unspecified atom stereocenters. The number of nitrogens with zero attached hydrogens (tertiary/aromatic N) is 2. The zero-order chi connectivity index (χ0) is 14.5. The highest BCUT2D eigenvalue weighted by Crippen LogP contribution is 2.17. The third kappa shape index (κ3) is 3.36. The van der Waals surface area contributed by atoms with Crippen LogP contribution in [0.1, 0.15) is 10.5 Å². The number of anilines is 1. The molecule has 1 N–H and O–H groups in total. The topological polar surface area (TPSA) is 73.2 Å². The van der Waals surface area contributed by atoms with E-state index in [4.69, 9.17) is 16.3 Å². The number of ether oxygens (including phenoxy) is 1. The number of halogens is 1. The first-order valence-corrected chi connectivity index (χ1v) is 6.14. The van der Waals surface area contributed by atoms with E-state index in [1.54, 1.807) is 42.1 Å². The molecule has 0 atom stereocenters. The highest BCUT2D eigenvalue weighted by molar-refractivity contribution is 6.32. The summed E-state index contributed by atoms with van der Waals surface area (Å²) in [5.74, 6) is -1.05. The molecule has 0 bridgehead atoms. The summed E-state index contributed by atoms with van der Waals surface area (Å²) in [5.41, 5.74) is 0.742. The first-order valence-electron chi connectivity index (χ1n) is 5.77. The van der Waals surface area contributed by atoms with Crippen LogP contribution in [0, 0.1) is 0 Å². The van der Waals surface area contributed by atoms with Crippen molar-refractivity contribution in [3.05, 3.63) is 47.5 Å². The standard InChI is InChI=1S/C13H12ClN3O3/c1-17-7-3-5-10(17)13(19)20-8-11(18)16-9-4-2-6-15-12(9)14/h2-7H,8H2,1H3,(H,16,18). The van der Waals surface area contributed by atoms with E-state index in [2.05, 4.69) is 10.3 Å². The number of rotatable bonds is 4. The Morgan fingerprint density at radius 3 is 2.85 bits per heavy atom. The lowest BCUT2D eigenvalue weighted by Crippen LogP contribution is -2.22. The Bertz CT molecular complexity index is 639. The SMILES string of the molecule is Cn1cccc1C(=O)OCC(=O)Nc1cccnc1Cl. The van der Waals surface area contributed by atoms with Crippen molar-refractivity contribution in [1.82, 2.24) is 9.55 Å². The molecule has 0 radical (unpaired) electrons. The zero-order valence-corrected chi connectivity index (χ0v) is 11.4. The molecule has 0 saturated carbocycles. The van der Waals surface area contributed by atoms with Crippen molar-refractivity contribution in [2.45, 2.75) is 0 Å². The molecule has 0 aromatic carbocycles. The lowest BCUT2D eigenvalue weighted by atomic mass is 10.4. The van der Waals surface area contributed by atoms with Gasteiger partial charge in [-0.3, -0.25) is 4.79 Å². The van der Waals surface area contributed by atoms with Gasteiger partial charge in [-0.25, -0.2) is 9.78 Å². The molecule has 2 heterocycles. The molecule has 6 nitrogen and oxygen atoms in total. The summed E-state index contributed by atoms with van der Waals surface area (Å²) in [7, 11) is 1.71. The van der Waals surface area contributed by atoms with Gasteiger partial charge in [0.05, 0.1) is 5.69 Å². The third-order valence-corrected chi connectivity index (χ3v) is 2.82. The van der Waals surface area contributed by atoms with Crippen LogP contribution in [0.15, 0.2) is 36.7 Å². The van der Waals surface area contributed by atoms with Crippen molar-refractivity contribution in [3.8, 4) is 0 Å². The van der Waals surface area contributed by atoms with Gasteiger partial charge in [0.2, 0.25) is 0 Å². The molecular weight excluding hydrogens is 282 g/mol. The Labute approximate surface area is 120 Å². The van der Waals surface area contributed by atoms with E-state index in [0.29, 0.717) is 11.4 Å². The molecule has 2 aromatic heterocycles. The molecule has 0 saturated heterocycles. The minimum Gasteiger partial charge on any atom is -0.451 e. The van der Waals surface area contributed by atoms with E-state index in [9.17, 15) is 9.59 Å². The van der Waals surface area contributed by atoms with Crippen LogP contribution in [-0.4, -0.2) is 28.0 Å². The quantitative estimate of drug-likeness (QED) is 0.690. The van der Waals surface area contributed by atoms with Gasteiger partial charge in [-0.2, -0.15) is 0 Å². The van der Waals surface area contributed by atoms with Gasteiger partial charge in [0.25, 0.3) is 5.91 Å². The smallest absolute Gasteiger partial charge is 0.355 e. The second-order valence-corrected chi connectivity index (χ2v) is 4.33. The van der Waals surface area contributed by atoms with Gasteiger partial charge < -0.3 is 14.6 Å². The first-order chi connectivity index (χ1) is 9.58. The summed E-state index contributed by atoms with van der Waals surface area (Å²) < 4.78 is 6.52. The maximum absolute atomic E-state index is 11.7. The number of carbonyl (C=O) groups is 2. The predicted molar refractivity (Wildman–Crippen MR) is 73.6 cm³/mol. The predicted octanol–water partition coefficient (Wildman–Crippen LogP) is 1.87. The van der Waals surface area contributed by atoms with Crippen LogP contribution >= 0.6 is 11.6 Å². The average Bonchev–Trinajstić information content (AvgIpc) is 2.85. The molecule has 0 spiro atoms. The Morgan fingerprint density at radius 1 is 1.40 bits per heavy atom. The van der Waals surface area contributed by atoms with Crippen molar-refractivity contribution in [1.29, 1.82) is 0 Å². The van der Waals surface area contributed by atoms with Gasteiger partial charge in [0.1, 0.15) is 5.69 Å². The van der Waals surface area contributed by atoms with E-state index >= 15 is 0 Å². The fourth-order valence-electron chi connectivity index (χ4n) is 1.54. The highest BCUT2D eigenvalue weighted by Gasteiger charge is 2.13. The van der Waals surface area contributed by atoms with Crippen molar-refractivity contribution in [3.63, 3.8) is 0 Å². The number of hydrogen-bond donors (Lipinski definition) is 1. The highest BCUT2D eigenvalue weighted by atomic mass is 35.5. The number of esters is 1. The molecule has 0 aliphatic rings. The third-order valence-electron chi connectivity index (χ3n) is 2.52. The van der Waals surface area contributed by atoms with Crippen LogP contribution in [0.5, 0.6) is 0 Å². The van der Waals surface area contributed by atoms with Crippen LogP contribution < -0.4 is 5.32 Å². The number of aryl methyl sites for hydroxylation is 1. The average molecular weight is 294 g/mol. The van der Waals surface area contributed by atoms with Gasteiger partial charge in [0.15, 0.2) is 11.8 Å². The zero-order valence-electron chi connectivity index (χ0n) is 10.7. The van der Waals surface area contributed by atoms with Gasteiger partial charge >= 0.3 is 5.97 Å². The minimum absolute atomic E-state index is 0.176. The number of carbonyl (C=O) groups excluding carboxylic acids is 2.